The van der Waals surface area contributed by atoms with Gasteiger partial charge in [-0.2, -0.15) is 0 Å². The minimum absolute atomic E-state index is 0.192. The van der Waals surface area contributed by atoms with Crippen molar-refractivity contribution in [3.8, 4) is 0 Å². The third kappa shape index (κ3) is 4.15. The SMILES string of the molecule is C=C/C(C)=C/N(C)CCO. The third-order valence-electron chi connectivity index (χ3n) is 1.20. The van der Waals surface area contributed by atoms with E-state index in [1.807, 2.05) is 25.1 Å². The van der Waals surface area contributed by atoms with Crippen molar-refractivity contribution in [2.45, 2.75) is 6.92 Å². The first kappa shape index (κ1) is 9.24. The van der Waals surface area contributed by atoms with E-state index in [4.69, 9.17) is 5.11 Å². The first-order chi connectivity index (χ1) is 4.70. The molecule has 2 heteroatoms. The van der Waals surface area contributed by atoms with Crippen molar-refractivity contribution < 1.29 is 5.11 Å². The molecule has 1 N–H and O–H groups in total. The van der Waals surface area contributed by atoms with E-state index in [2.05, 4.69) is 6.58 Å². The van der Waals surface area contributed by atoms with Crippen LogP contribution in [0.4, 0.5) is 0 Å². The van der Waals surface area contributed by atoms with E-state index < -0.39 is 0 Å². The molecule has 0 aliphatic heterocycles. The number of hydrogen-bond acceptors (Lipinski definition) is 2. The van der Waals surface area contributed by atoms with Crippen molar-refractivity contribution in [3.63, 3.8) is 0 Å². The first-order valence-corrected chi connectivity index (χ1v) is 3.32. The van der Waals surface area contributed by atoms with Gasteiger partial charge in [-0.05, 0) is 12.5 Å². The molecule has 0 fully saturated rings. The van der Waals surface area contributed by atoms with Crippen LogP contribution in [0.15, 0.2) is 24.4 Å². The van der Waals surface area contributed by atoms with Crippen molar-refractivity contribution in [1.29, 1.82) is 0 Å². The van der Waals surface area contributed by atoms with Crippen LogP contribution in [0.3, 0.4) is 0 Å². The number of aliphatic hydroxyl groups is 1. The van der Waals surface area contributed by atoms with Crippen LogP contribution in [0.2, 0.25) is 0 Å². The Morgan fingerprint density at radius 3 is 2.70 bits per heavy atom. The Bertz CT molecular complexity index is 129. The average molecular weight is 141 g/mol. The van der Waals surface area contributed by atoms with Gasteiger partial charge in [0, 0.05) is 19.8 Å². The predicted molar refractivity (Wildman–Crippen MR) is 43.7 cm³/mol. The van der Waals surface area contributed by atoms with Gasteiger partial charge in [-0.3, -0.25) is 0 Å². The number of nitrogens with zero attached hydrogens (tertiary/aromatic N) is 1. The summed E-state index contributed by atoms with van der Waals surface area (Å²) in [6.07, 6.45) is 3.73. The molecule has 58 valence electrons. The van der Waals surface area contributed by atoms with Gasteiger partial charge in [-0.25, -0.2) is 0 Å². The molecule has 0 saturated heterocycles. The molecule has 0 aliphatic carbocycles. The fraction of sp³-hybridized carbons (Fsp3) is 0.500. The topological polar surface area (TPSA) is 23.5 Å². The standard InChI is InChI=1S/C8H15NO/c1-4-8(2)7-9(3)5-6-10/h4,7,10H,1,5-6H2,2-3H3/b8-7+. The van der Waals surface area contributed by atoms with Gasteiger partial charge in [-0.1, -0.05) is 12.7 Å². The lowest BCUT2D eigenvalue weighted by molar-refractivity contribution is 0.254. The second kappa shape index (κ2) is 5.06. The Labute approximate surface area is 62.5 Å². The molecule has 0 aromatic rings. The van der Waals surface area contributed by atoms with Crippen molar-refractivity contribution in [1.82, 2.24) is 4.90 Å². The fourth-order valence-electron chi connectivity index (χ4n) is 0.623. The summed E-state index contributed by atoms with van der Waals surface area (Å²) in [6, 6.07) is 0. The highest BCUT2D eigenvalue weighted by Gasteiger charge is 1.88. The molecule has 0 amide bonds. The van der Waals surface area contributed by atoms with Gasteiger partial charge in [0.1, 0.15) is 0 Å². The summed E-state index contributed by atoms with van der Waals surface area (Å²) < 4.78 is 0. The number of hydrogen-bond donors (Lipinski definition) is 1. The summed E-state index contributed by atoms with van der Waals surface area (Å²) in [4.78, 5) is 1.93. The fourth-order valence-corrected chi connectivity index (χ4v) is 0.623. The molecule has 0 spiro atoms. The Hall–Kier alpha value is -0.760. The van der Waals surface area contributed by atoms with E-state index in [0.717, 1.165) is 5.57 Å². The maximum absolute atomic E-state index is 8.53. The molecule has 0 saturated carbocycles. The zero-order valence-corrected chi connectivity index (χ0v) is 6.67. The molecule has 0 aromatic heterocycles. The number of aliphatic hydroxyl groups excluding tert-OH is 1. The Balaban J connectivity index is 3.73. The monoisotopic (exact) mass is 141 g/mol. The van der Waals surface area contributed by atoms with Crippen LogP contribution in [0, 0.1) is 0 Å². The molecular formula is C8H15NO. The Morgan fingerprint density at radius 1 is 1.70 bits per heavy atom. The normalized spacial score (nSPS) is 11.3. The van der Waals surface area contributed by atoms with Gasteiger partial charge in [0.2, 0.25) is 0 Å². The molecule has 0 aromatic carbocycles. The first-order valence-electron chi connectivity index (χ1n) is 3.32. The molecule has 0 aliphatic rings. The highest BCUT2D eigenvalue weighted by molar-refractivity contribution is 5.11. The largest absolute Gasteiger partial charge is 0.395 e. The number of allylic oxidation sites excluding steroid dienone is 2. The molecule has 0 unspecified atom stereocenters. The van der Waals surface area contributed by atoms with E-state index in [-0.39, 0.29) is 6.61 Å². The average Bonchev–Trinajstić information content (AvgIpc) is 1.88. The van der Waals surface area contributed by atoms with E-state index in [1.165, 1.54) is 0 Å². The van der Waals surface area contributed by atoms with Crippen LogP contribution in [0.1, 0.15) is 6.92 Å². The zero-order valence-electron chi connectivity index (χ0n) is 6.67. The summed E-state index contributed by atoms with van der Waals surface area (Å²) in [5, 5.41) is 8.53. The zero-order chi connectivity index (χ0) is 7.98. The van der Waals surface area contributed by atoms with Crippen molar-refractivity contribution in [2.24, 2.45) is 0 Å². The second-order valence-corrected chi connectivity index (χ2v) is 2.28. The number of likely N-dealkylation sites (N-methyl/N-ethyl adjacent to an activating group) is 1. The quantitative estimate of drug-likeness (QED) is 0.590. The van der Waals surface area contributed by atoms with Crippen LogP contribution < -0.4 is 0 Å². The van der Waals surface area contributed by atoms with Gasteiger partial charge in [-0.15, -0.1) is 0 Å². The third-order valence-corrected chi connectivity index (χ3v) is 1.20. The van der Waals surface area contributed by atoms with Gasteiger partial charge in [0.05, 0.1) is 6.61 Å². The lowest BCUT2D eigenvalue weighted by Gasteiger charge is -2.11. The molecule has 0 atom stereocenters. The minimum Gasteiger partial charge on any atom is -0.395 e. The van der Waals surface area contributed by atoms with E-state index >= 15 is 0 Å². The lowest BCUT2D eigenvalue weighted by atomic mass is 10.3. The van der Waals surface area contributed by atoms with E-state index in [9.17, 15) is 0 Å². The highest BCUT2D eigenvalue weighted by atomic mass is 16.3. The number of rotatable bonds is 4. The van der Waals surface area contributed by atoms with Crippen molar-refractivity contribution >= 4 is 0 Å². The maximum Gasteiger partial charge on any atom is 0.0606 e. The van der Waals surface area contributed by atoms with E-state index in [1.54, 1.807) is 6.08 Å². The van der Waals surface area contributed by atoms with Crippen LogP contribution in [0.5, 0.6) is 0 Å². The summed E-state index contributed by atoms with van der Waals surface area (Å²) in [7, 11) is 1.92. The van der Waals surface area contributed by atoms with Gasteiger partial charge >= 0.3 is 0 Å². The minimum atomic E-state index is 0.192. The van der Waals surface area contributed by atoms with Crippen molar-refractivity contribution in [2.75, 3.05) is 20.2 Å². The van der Waals surface area contributed by atoms with Crippen molar-refractivity contribution in [3.05, 3.63) is 24.4 Å². The molecular weight excluding hydrogens is 126 g/mol. The predicted octanol–water partition coefficient (Wildman–Crippen LogP) is 1.00. The lowest BCUT2D eigenvalue weighted by Crippen LogP contribution is -2.15. The second-order valence-electron chi connectivity index (χ2n) is 2.28. The summed E-state index contributed by atoms with van der Waals surface area (Å²) in [5.41, 5.74) is 1.11. The Morgan fingerprint density at radius 2 is 2.30 bits per heavy atom. The summed E-state index contributed by atoms with van der Waals surface area (Å²) >= 11 is 0. The summed E-state index contributed by atoms with van der Waals surface area (Å²) in [6.45, 7) is 6.45. The smallest absolute Gasteiger partial charge is 0.0606 e. The molecule has 0 heterocycles. The summed E-state index contributed by atoms with van der Waals surface area (Å²) in [5.74, 6) is 0. The van der Waals surface area contributed by atoms with Crippen LogP contribution in [-0.4, -0.2) is 30.2 Å². The Kier molecular flexibility index (Phi) is 4.67. The molecule has 0 rings (SSSR count). The van der Waals surface area contributed by atoms with E-state index in [0.29, 0.717) is 6.54 Å². The van der Waals surface area contributed by atoms with Crippen LogP contribution in [0.25, 0.3) is 0 Å². The molecule has 10 heavy (non-hydrogen) atoms. The highest BCUT2D eigenvalue weighted by Crippen LogP contribution is 1.94. The van der Waals surface area contributed by atoms with Gasteiger partial charge < -0.3 is 10.0 Å². The van der Waals surface area contributed by atoms with Gasteiger partial charge in [0.15, 0.2) is 0 Å². The molecule has 0 bridgehead atoms. The maximum atomic E-state index is 8.53. The molecule has 2 nitrogen and oxygen atoms in total. The molecule has 0 radical (unpaired) electrons. The van der Waals surface area contributed by atoms with Crippen LogP contribution >= 0.6 is 0 Å². The van der Waals surface area contributed by atoms with Crippen LogP contribution in [-0.2, 0) is 0 Å². The van der Waals surface area contributed by atoms with Gasteiger partial charge in [0.25, 0.3) is 0 Å².